The van der Waals surface area contributed by atoms with Crippen LogP contribution in [-0.4, -0.2) is 78.7 Å². The molecule has 10 nitrogen and oxygen atoms in total. The van der Waals surface area contributed by atoms with Crippen molar-refractivity contribution in [3.05, 3.63) is 29.3 Å². The first-order chi connectivity index (χ1) is 14.1. The lowest BCUT2D eigenvalue weighted by atomic mass is 10.00. The van der Waals surface area contributed by atoms with Gasteiger partial charge in [-0.3, -0.25) is 19.9 Å². The van der Waals surface area contributed by atoms with E-state index in [9.17, 15) is 22.8 Å². The van der Waals surface area contributed by atoms with Gasteiger partial charge in [-0.05, 0) is 25.5 Å². The number of nitrogens with one attached hydrogen (secondary N) is 2. The van der Waals surface area contributed by atoms with Gasteiger partial charge in [-0.25, -0.2) is 13.2 Å². The maximum absolute atomic E-state index is 12.8. The van der Waals surface area contributed by atoms with E-state index in [1.165, 1.54) is 16.4 Å². The summed E-state index contributed by atoms with van der Waals surface area (Å²) in [4.78, 5) is 38.5. The van der Waals surface area contributed by atoms with Crippen LogP contribution >= 0.6 is 11.6 Å². The second kappa shape index (κ2) is 8.50. The molecular weight excluding hydrogens is 434 g/mol. The van der Waals surface area contributed by atoms with Crippen LogP contribution in [0.2, 0.25) is 5.02 Å². The predicted octanol–water partition coefficient (Wildman–Crippen LogP) is 0.398. The SMILES string of the molecule is CCC1(C)NC(=O)N(NC(=O)CN2CCN(S(=O)(=O)c3ccccc3Cl)CC2)C1=O. The second-order valence-electron chi connectivity index (χ2n) is 7.40. The van der Waals surface area contributed by atoms with Crippen LogP contribution in [0.1, 0.15) is 20.3 Å². The molecule has 2 N–H and O–H groups in total. The Morgan fingerprint density at radius 3 is 2.40 bits per heavy atom. The molecule has 2 saturated heterocycles. The first-order valence-corrected chi connectivity index (χ1v) is 11.3. The summed E-state index contributed by atoms with van der Waals surface area (Å²) in [6.07, 6.45) is 0.395. The van der Waals surface area contributed by atoms with Crippen LogP contribution in [0.5, 0.6) is 0 Å². The molecule has 0 spiro atoms. The molecular formula is C18H24ClN5O5S. The summed E-state index contributed by atoms with van der Waals surface area (Å²) in [7, 11) is -3.73. The third-order valence-electron chi connectivity index (χ3n) is 5.36. The lowest BCUT2D eigenvalue weighted by Gasteiger charge is -2.33. The van der Waals surface area contributed by atoms with Crippen molar-refractivity contribution < 1.29 is 22.8 Å². The van der Waals surface area contributed by atoms with Crippen molar-refractivity contribution in [1.29, 1.82) is 0 Å². The Kier molecular flexibility index (Phi) is 6.37. The van der Waals surface area contributed by atoms with Crippen molar-refractivity contribution >= 4 is 39.5 Å². The van der Waals surface area contributed by atoms with Crippen molar-refractivity contribution in [2.24, 2.45) is 0 Å². The van der Waals surface area contributed by atoms with Crippen LogP contribution in [0.15, 0.2) is 29.2 Å². The first-order valence-electron chi connectivity index (χ1n) is 9.51. The number of hydrazine groups is 1. The average Bonchev–Trinajstić information content (AvgIpc) is 2.92. The zero-order chi connectivity index (χ0) is 22.1. The number of sulfonamides is 1. The third-order valence-corrected chi connectivity index (χ3v) is 7.76. The number of hydrogen-bond acceptors (Lipinski definition) is 6. The molecule has 2 heterocycles. The molecule has 0 radical (unpaired) electrons. The Balaban J connectivity index is 1.55. The maximum atomic E-state index is 12.8. The zero-order valence-corrected chi connectivity index (χ0v) is 18.3. The molecule has 2 aliphatic rings. The molecule has 164 valence electrons. The van der Waals surface area contributed by atoms with E-state index in [0.717, 1.165) is 0 Å². The molecule has 4 amide bonds. The van der Waals surface area contributed by atoms with E-state index in [0.29, 0.717) is 24.5 Å². The minimum Gasteiger partial charge on any atom is -0.322 e. The Morgan fingerprint density at radius 1 is 1.20 bits per heavy atom. The molecule has 3 rings (SSSR count). The fourth-order valence-corrected chi connectivity index (χ4v) is 5.23. The quantitative estimate of drug-likeness (QED) is 0.597. The molecule has 1 atom stereocenters. The summed E-state index contributed by atoms with van der Waals surface area (Å²) in [5.74, 6) is -1.04. The molecule has 2 fully saturated rings. The highest BCUT2D eigenvalue weighted by molar-refractivity contribution is 7.89. The molecule has 0 aromatic heterocycles. The van der Waals surface area contributed by atoms with Crippen molar-refractivity contribution in [1.82, 2.24) is 25.0 Å². The highest BCUT2D eigenvalue weighted by atomic mass is 35.5. The van der Waals surface area contributed by atoms with Gasteiger partial charge in [-0.1, -0.05) is 30.7 Å². The summed E-state index contributed by atoms with van der Waals surface area (Å²) in [5.41, 5.74) is 1.29. The van der Waals surface area contributed by atoms with Gasteiger partial charge < -0.3 is 5.32 Å². The lowest BCUT2D eigenvalue weighted by molar-refractivity contribution is -0.139. The smallest absolute Gasteiger partial charge is 0.322 e. The molecule has 12 heteroatoms. The van der Waals surface area contributed by atoms with Gasteiger partial charge in [0.15, 0.2) is 0 Å². The Hall–Kier alpha value is -2.21. The van der Waals surface area contributed by atoms with E-state index in [-0.39, 0.29) is 29.6 Å². The zero-order valence-electron chi connectivity index (χ0n) is 16.7. The monoisotopic (exact) mass is 457 g/mol. The van der Waals surface area contributed by atoms with Gasteiger partial charge >= 0.3 is 6.03 Å². The number of imide groups is 1. The fourth-order valence-electron chi connectivity index (χ4n) is 3.31. The van der Waals surface area contributed by atoms with Gasteiger partial charge in [0.25, 0.3) is 11.8 Å². The van der Waals surface area contributed by atoms with E-state index in [1.807, 2.05) is 0 Å². The highest BCUT2D eigenvalue weighted by Crippen LogP contribution is 2.25. The van der Waals surface area contributed by atoms with E-state index < -0.39 is 33.4 Å². The number of amides is 4. The standard InChI is InChI=1S/C18H24ClN5O5S/c1-3-18(2)16(26)24(17(27)20-18)21-15(25)12-22-8-10-23(11-9-22)30(28,29)14-7-5-4-6-13(14)19/h4-7H,3,8-12H2,1-2H3,(H,20,27)(H,21,25). The van der Waals surface area contributed by atoms with Gasteiger partial charge in [-0.2, -0.15) is 9.31 Å². The number of hydrogen-bond donors (Lipinski definition) is 2. The lowest BCUT2D eigenvalue weighted by Crippen LogP contribution is -2.54. The van der Waals surface area contributed by atoms with E-state index in [4.69, 9.17) is 11.6 Å². The Morgan fingerprint density at radius 2 is 1.83 bits per heavy atom. The molecule has 0 bridgehead atoms. The molecule has 1 aromatic rings. The van der Waals surface area contributed by atoms with Crippen molar-refractivity contribution in [3.8, 4) is 0 Å². The van der Waals surface area contributed by atoms with Gasteiger partial charge in [0, 0.05) is 26.2 Å². The molecule has 1 aromatic carbocycles. The van der Waals surface area contributed by atoms with Crippen molar-refractivity contribution in [2.45, 2.75) is 30.7 Å². The minimum absolute atomic E-state index is 0.0513. The van der Waals surface area contributed by atoms with Gasteiger partial charge in [0.05, 0.1) is 11.6 Å². The number of rotatable bonds is 6. The number of piperazine rings is 1. The van der Waals surface area contributed by atoms with Crippen LogP contribution < -0.4 is 10.7 Å². The second-order valence-corrected chi connectivity index (χ2v) is 9.72. The first kappa shape index (κ1) is 22.5. The minimum atomic E-state index is -3.73. The summed E-state index contributed by atoms with van der Waals surface area (Å²) in [6, 6.07) is 5.58. The van der Waals surface area contributed by atoms with E-state index >= 15 is 0 Å². The molecule has 2 aliphatic heterocycles. The topological polar surface area (TPSA) is 119 Å². The highest BCUT2D eigenvalue weighted by Gasteiger charge is 2.47. The fraction of sp³-hybridized carbons (Fsp3) is 0.500. The van der Waals surface area contributed by atoms with Crippen molar-refractivity contribution in [2.75, 3.05) is 32.7 Å². The van der Waals surface area contributed by atoms with Gasteiger partial charge in [0.1, 0.15) is 10.4 Å². The largest absolute Gasteiger partial charge is 0.344 e. The molecule has 30 heavy (non-hydrogen) atoms. The number of urea groups is 1. The van der Waals surface area contributed by atoms with Crippen LogP contribution in [-0.2, 0) is 19.6 Å². The summed E-state index contributed by atoms with van der Waals surface area (Å²) in [5, 5.41) is 3.41. The number of carbonyl (C=O) groups is 3. The average molecular weight is 458 g/mol. The summed E-state index contributed by atoms with van der Waals surface area (Å²) < 4.78 is 26.9. The number of carbonyl (C=O) groups excluding carboxylic acids is 3. The van der Waals surface area contributed by atoms with Gasteiger partial charge in [-0.15, -0.1) is 0 Å². The third kappa shape index (κ3) is 4.29. The number of halogens is 1. The maximum Gasteiger partial charge on any atom is 0.344 e. The Labute approximate surface area is 180 Å². The number of benzene rings is 1. The normalized spacial score (nSPS) is 23.5. The molecule has 1 unspecified atom stereocenters. The summed E-state index contributed by atoms with van der Waals surface area (Å²) >= 11 is 6.03. The summed E-state index contributed by atoms with van der Waals surface area (Å²) in [6.45, 7) is 4.32. The molecule has 0 saturated carbocycles. The van der Waals surface area contributed by atoms with Crippen LogP contribution in [0.4, 0.5) is 4.79 Å². The Bertz CT molecular complexity index is 963. The van der Waals surface area contributed by atoms with E-state index in [2.05, 4.69) is 10.7 Å². The van der Waals surface area contributed by atoms with Crippen LogP contribution in [0.3, 0.4) is 0 Å². The van der Waals surface area contributed by atoms with Crippen molar-refractivity contribution in [3.63, 3.8) is 0 Å². The predicted molar refractivity (Wildman–Crippen MR) is 109 cm³/mol. The van der Waals surface area contributed by atoms with Gasteiger partial charge in [0.2, 0.25) is 10.0 Å². The van der Waals surface area contributed by atoms with Crippen LogP contribution in [0.25, 0.3) is 0 Å². The molecule has 0 aliphatic carbocycles. The van der Waals surface area contributed by atoms with E-state index in [1.54, 1.807) is 30.9 Å². The number of nitrogens with zero attached hydrogens (tertiary/aromatic N) is 3. The van der Waals surface area contributed by atoms with Crippen LogP contribution in [0, 0.1) is 0 Å².